The quantitative estimate of drug-likeness (QED) is 0.840. The molecule has 2 N–H and O–H groups in total. The summed E-state index contributed by atoms with van der Waals surface area (Å²) >= 11 is 0. The van der Waals surface area contributed by atoms with Crippen LogP contribution in [-0.4, -0.2) is 22.6 Å². The SMILES string of the molecule is CCCNc1ncc(F)c(NC(C)C2CC3CCC2C3)n1. The van der Waals surface area contributed by atoms with Crippen molar-refractivity contribution in [3.8, 4) is 0 Å². The zero-order chi connectivity index (χ0) is 14.8. The van der Waals surface area contributed by atoms with Gasteiger partial charge in [-0.05, 0) is 50.4 Å². The van der Waals surface area contributed by atoms with E-state index in [2.05, 4.69) is 34.4 Å². The summed E-state index contributed by atoms with van der Waals surface area (Å²) in [6.45, 7) is 5.03. The highest BCUT2D eigenvalue weighted by Crippen LogP contribution is 2.49. The number of fused-ring (bicyclic) bond motifs is 2. The minimum Gasteiger partial charge on any atom is -0.365 e. The fourth-order valence-corrected chi connectivity index (χ4v) is 4.02. The Hall–Kier alpha value is -1.39. The van der Waals surface area contributed by atoms with Gasteiger partial charge in [-0.15, -0.1) is 0 Å². The molecule has 116 valence electrons. The Bertz CT molecular complexity index is 493. The molecule has 0 aromatic carbocycles. The molecule has 5 heteroatoms. The first-order valence-corrected chi connectivity index (χ1v) is 8.20. The van der Waals surface area contributed by atoms with Crippen molar-refractivity contribution in [2.45, 2.75) is 52.0 Å². The molecule has 0 spiro atoms. The van der Waals surface area contributed by atoms with Gasteiger partial charge in [-0.25, -0.2) is 9.37 Å². The number of nitrogens with zero attached hydrogens (tertiary/aromatic N) is 2. The van der Waals surface area contributed by atoms with Crippen molar-refractivity contribution < 1.29 is 4.39 Å². The molecule has 2 aliphatic carbocycles. The Balaban J connectivity index is 1.66. The molecule has 21 heavy (non-hydrogen) atoms. The lowest BCUT2D eigenvalue weighted by atomic mass is 9.84. The largest absolute Gasteiger partial charge is 0.365 e. The molecule has 0 amide bonds. The van der Waals surface area contributed by atoms with Crippen LogP contribution in [0.3, 0.4) is 0 Å². The van der Waals surface area contributed by atoms with Crippen LogP contribution in [0.5, 0.6) is 0 Å². The van der Waals surface area contributed by atoms with E-state index in [4.69, 9.17) is 0 Å². The molecular formula is C16H25FN4. The van der Waals surface area contributed by atoms with E-state index in [1.807, 2.05) is 0 Å². The third-order valence-electron chi connectivity index (χ3n) is 5.08. The van der Waals surface area contributed by atoms with Gasteiger partial charge < -0.3 is 10.6 Å². The molecule has 0 radical (unpaired) electrons. The standard InChI is InChI=1S/C16H25FN4/c1-3-6-18-16-19-9-14(17)15(21-16)20-10(2)13-8-11-4-5-12(13)7-11/h9-13H,3-8H2,1-2H3,(H2,18,19,20,21). The monoisotopic (exact) mass is 292 g/mol. The maximum absolute atomic E-state index is 13.9. The molecule has 4 unspecified atom stereocenters. The van der Waals surface area contributed by atoms with E-state index in [-0.39, 0.29) is 11.9 Å². The number of aromatic nitrogens is 2. The van der Waals surface area contributed by atoms with Crippen molar-refractivity contribution in [2.75, 3.05) is 17.2 Å². The van der Waals surface area contributed by atoms with E-state index in [0.29, 0.717) is 17.7 Å². The summed E-state index contributed by atoms with van der Waals surface area (Å²) in [4.78, 5) is 8.26. The van der Waals surface area contributed by atoms with E-state index in [9.17, 15) is 4.39 Å². The van der Waals surface area contributed by atoms with E-state index in [1.165, 1.54) is 31.9 Å². The molecule has 4 nitrogen and oxygen atoms in total. The van der Waals surface area contributed by atoms with Gasteiger partial charge in [0.05, 0.1) is 6.20 Å². The van der Waals surface area contributed by atoms with Gasteiger partial charge in [0.2, 0.25) is 5.95 Å². The number of hydrogen-bond donors (Lipinski definition) is 2. The molecule has 1 aromatic heterocycles. The Morgan fingerprint density at radius 2 is 2.24 bits per heavy atom. The van der Waals surface area contributed by atoms with Crippen LogP contribution in [0.4, 0.5) is 16.2 Å². The van der Waals surface area contributed by atoms with Crippen molar-refractivity contribution in [1.29, 1.82) is 0 Å². The van der Waals surface area contributed by atoms with Gasteiger partial charge in [-0.2, -0.15) is 4.98 Å². The first-order valence-electron chi connectivity index (χ1n) is 8.20. The fourth-order valence-electron chi connectivity index (χ4n) is 4.02. The van der Waals surface area contributed by atoms with Crippen LogP contribution in [0.1, 0.15) is 46.0 Å². The summed E-state index contributed by atoms with van der Waals surface area (Å²) in [6.07, 6.45) is 7.63. The molecule has 1 heterocycles. The van der Waals surface area contributed by atoms with Gasteiger partial charge in [0, 0.05) is 12.6 Å². The molecule has 2 bridgehead atoms. The van der Waals surface area contributed by atoms with Crippen LogP contribution < -0.4 is 10.6 Å². The zero-order valence-corrected chi connectivity index (χ0v) is 12.9. The van der Waals surface area contributed by atoms with E-state index in [0.717, 1.165) is 24.8 Å². The lowest BCUT2D eigenvalue weighted by Crippen LogP contribution is -2.30. The molecule has 1 aromatic rings. The number of hydrogen-bond acceptors (Lipinski definition) is 4. The van der Waals surface area contributed by atoms with Crippen LogP contribution in [0.2, 0.25) is 0 Å². The van der Waals surface area contributed by atoms with Gasteiger partial charge in [0.25, 0.3) is 0 Å². The predicted octanol–water partition coefficient (Wildman–Crippen LogP) is 3.67. The van der Waals surface area contributed by atoms with Crippen molar-refractivity contribution in [3.05, 3.63) is 12.0 Å². The molecule has 0 saturated heterocycles. The minimum atomic E-state index is -0.368. The first-order chi connectivity index (χ1) is 10.2. The van der Waals surface area contributed by atoms with Crippen LogP contribution in [-0.2, 0) is 0 Å². The van der Waals surface area contributed by atoms with Gasteiger partial charge in [0.15, 0.2) is 11.6 Å². The van der Waals surface area contributed by atoms with Crippen molar-refractivity contribution in [3.63, 3.8) is 0 Å². The second kappa shape index (κ2) is 6.16. The highest BCUT2D eigenvalue weighted by molar-refractivity contribution is 5.42. The second-order valence-corrected chi connectivity index (χ2v) is 6.59. The van der Waals surface area contributed by atoms with Gasteiger partial charge in [-0.1, -0.05) is 13.3 Å². The Kier molecular flexibility index (Phi) is 4.27. The maximum atomic E-state index is 13.9. The number of halogens is 1. The van der Waals surface area contributed by atoms with Gasteiger partial charge in [0.1, 0.15) is 0 Å². The summed E-state index contributed by atoms with van der Waals surface area (Å²) in [5, 5.41) is 6.39. The van der Waals surface area contributed by atoms with Crippen LogP contribution in [0.25, 0.3) is 0 Å². The maximum Gasteiger partial charge on any atom is 0.224 e. The highest BCUT2D eigenvalue weighted by atomic mass is 19.1. The normalized spacial score (nSPS) is 28.6. The van der Waals surface area contributed by atoms with E-state index < -0.39 is 0 Å². The summed E-state index contributed by atoms with van der Waals surface area (Å²) in [5.41, 5.74) is 0. The zero-order valence-electron chi connectivity index (χ0n) is 12.9. The smallest absolute Gasteiger partial charge is 0.224 e. The van der Waals surface area contributed by atoms with Gasteiger partial charge >= 0.3 is 0 Å². The lowest BCUT2D eigenvalue weighted by Gasteiger charge is -2.29. The summed E-state index contributed by atoms with van der Waals surface area (Å²) in [6, 6.07) is 0.267. The third kappa shape index (κ3) is 3.11. The summed E-state index contributed by atoms with van der Waals surface area (Å²) in [7, 11) is 0. The minimum absolute atomic E-state index is 0.267. The van der Waals surface area contributed by atoms with Crippen molar-refractivity contribution >= 4 is 11.8 Å². The Morgan fingerprint density at radius 1 is 1.38 bits per heavy atom. The number of nitrogens with one attached hydrogen (secondary N) is 2. The van der Waals surface area contributed by atoms with Crippen molar-refractivity contribution in [2.24, 2.45) is 17.8 Å². The molecule has 4 atom stereocenters. The summed E-state index contributed by atoms with van der Waals surface area (Å²) < 4.78 is 13.9. The molecule has 3 rings (SSSR count). The lowest BCUT2D eigenvalue weighted by molar-refractivity contribution is 0.303. The highest BCUT2D eigenvalue weighted by Gasteiger charge is 2.41. The average molecular weight is 292 g/mol. The molecular weight excluding hydrogens is 267 g/mol. The molecule has 2 fully saturated rings. The Labute approximate surface area is 126 Å². The molecule has 0 aliphatic heterocycles. The van der Waals surface area contributed by atoms with Crippen LogP contribution in [0.15, 0.2) is 6.20 Å². The topological polar surface area (TPSA) is 49.8 Å². The van der Waals surface area contributed by atoms with Gasteiger partial charge in [-0.3, -0.25) is 0 Å². The molecule has 2 saturated carbocycles. The number of rotatable bonds is 6. The average Bonchev–Trinajstić information content (AvgIpc) is 3.10. The Morgan fingerprint density at radius 3 is 2.90 bits per heavy atom. The summed E-state index contributed by atoms with van der Waals surface area (Å²) in [5.74, 6) is 2.85. The van der Waals surface area contributed by atoms with Crippen LogP contribution >= 0.6 is 0 Å². The second-order valence-electron chi connectivity index (χ2n) is 6.59. The predicted molar refractivity (Wildman–Crippen MR) is 82.8 cm³/mol. The fraction of sp³-hybridized carbons (Fsp3) is 0.750. The number of anilines is 2. The van der Waals surface area contributed by atoms with Crippen molar-refractivity contribution in [1.82, 2.24) is 9.97 Å². The first kappa shape index (κ1) is 14.5. The van der Waals surface area contributed by atoms with E-state index in [1.54, 1.807) is 0 Å². The third-order valence-corrected chi connectivity index (χ3v) is 5.08. The molecule has 2 aliphatic rings. The van der Waals surface area contributed by atoms with Crippen LogP contribution in [0, 0.1) is 23.6 Å². The van der Waals surface area contributed by atoms with E-state index >= 15 is 0 Å².